The number of nitrogens with zero attached hydrogens (tertiary/aromatic N) is 2. The van der Waals surface area contributed by atoms with Crippen LogP contribution in [0.5, 0.6) is 5.75 Å². The van der Waals surface area contributed by atoms with Crippen molar-refractivity contribution in [1.82, 2.24) is 14.2 Å². The van der Waals surface area contributed by atoms with Crippen molar-refractivity contribution in [2.45, 2.75) is 30.3 Å². The molecule has 4 rings (SSSR count). The lowest BCUT2D eigenvalue weighted by atomic mass is 10.2. The Kier molecular flexibility index (Phi) is 6.24. The average Bonchev–Trinajstić information content (AvgIpc) is 3.30. The van der Waals surface area contributed by atoms with Gasteiger partial charge in [0.25, 0.3) is 5.91 Å². The van der Waals surface area contributed by atoms with Gasteiger partial charge >= 0.3 is 6.09 Å². The standard InChI is InChI=1S/C20H21F3N4O4S/c1-3-30-20(29)27-7-11-4-12(27)9-31-18-15(32-25-11)8-26(2)17(18)19(28)24-10-5-13(21)16(23)14(22)6-10/h5-6,8,11-12,25H,3-4,7,9H2,1-2H3,(H,24,28)/t11-,12-/m1/s1. The molecule has 2 amide bonds. The smallest absolute Gasteiger partial charge is 0.410 e. The van der Waals surface area contributed by atoms with E-state index in [1.54, 1.807) is 25.1 Å². The minimum absolute atomic E-state index is 0.00612. The van der Waals surface area contributed by atoms with Crippen molar-refractivity contribution in [3.8, 4) is 5.75 Å². The van der Waals surface area contributed by atoms with Crippen molar-refractivity contribution >= 4 is 29.6 Å². The first-order valence-corrected chi connectivity index (χ1v) is 10.7. The number of nitrogens with one attached hydrogen (secondary N) is 2. The van der Waals surface area contributed by atoms with E-state index in [2.05, 4.69) is 10.0 Å². The Morgan fingerprint density at radius 3 is 2.72 bits per heavy atom. The summed E-state index contributed by atoms with van der Waals surface area (Å²) in [6, 6.07) is 1.14. The number of aromatic nitrogens is 1. The molecule has 2 aliphatic rings. The number of hydrogen-bond acceptors (Lipinski definition) is 6. The Bertz CT molecular complexity index is 1040. The van der Waals surface area contributed by atoms with Gasteiger partial charge in [-0.25, -0.2) is 18.0 Å². The number of halogens is 3. The molecule has 0 saturated carbocycles. The molecule has 172 valence electrons. The third-order valence-corrected chi connectivity index (χ3v) is 6.19. The Labute approximate surface area is 186 Å². The fraction of sp³-hybridized carbons (Fsp3) is 0.400. The van der Waals surface area contributed by atoms with Crippen LogP contribution in [0, 0.1) is 17.5 Å². The lowest BCUT2D eigenvalue weighted by molar-refractivity contribution is 0.0899. The van der Waals surface area contributed by atoms with Gasteiger partial charge in [0.15, 0.2) is 28.9 Å². The lowest BCUT2D eigenvalue weighted by Gasteiger charge is -2.24. The van der Waals surface area contributed by atoms with Crippen LogP contribution in [0.15, 0.2) is 23.2 Å². The van der Waals surface area contributed by atoms with Gasteiger partial charge in [-0.3, -0.25) is 9.52 Å². The predicted molar refractivity (Wildman–Crippen MR) is 110 cm³/mol. The van der Waals surface area contributed by atoms with Gasteiger partial charge in [0.2, 0.25) is 0 Å². The van der Waals surface area contributed by atoms with E-state index in [9.17, 15) is 22.8 Å². The van der Waals surface area contributed by atoms with E-state index in [4.69, 9.17) is 9.47 Å². The number of amides is 2. The first-order chi connectivity index (χ1) is 15.3. The zero-order chi connectivity index (χ0) is 23.0. The molecular formula is C20H21F3N4O4S. The van der Waals surface area contributed by atoms with Gasteiger partial charge < -0.3 is 24.3 Å². The fourth-order valence-corrected chi connectivity index (χ4v) is 4.71. The Morgan fingerprint density at radius 1 is 1.31 bits per heavy atom. The molecule has 0 unspecified atom stereocenters. The third kappa shape index (κ3) is 4.24. The summed E-state index contributed by atoms with van der Waals surface area (Å²) in [5, 5.41) is 2.37. The Balaban J connectivity index is 1.58. The van der Waals surface area contributed by atoms with Gasteiger partial charge in [-0.2, -0.15) is 0 Å². The highest BCUT2D eigenvalue weighted by Gasteiger charge is 2.38. The summed E-state index contributed by atoms with van der Waals surface area (Å²) in [6.07, 6.45) is 1.91. The van der Waals surface area contributed by atoms with Gasteiger partial charge in [0, 0.05) is 43.7 Å². The number of likely N-dealkylation sites (tertiary alicyclic amines) is 1. The Hall–Kier alpha value is -2.86. The molecule has 32 heavy (non-hydrogen) atoms. The molecule has 0 aliphatic carbocycles. The van der Waals surface area contributed by atoms with E-state index in [0.29, 0.717) is 30.0 Å². The van der Waals surface area contributed by atoms with E-state index in [1.807, 2.05) is 0 Å². The molecule has 2 N–H and O–H groups in total. The van der Waals surface area contributed by atoms with Crippen LogP contribution in [-0.4, -0.2) is 53.3 Å². The molecule has 2 bridgehead atoms. The molecule has 12 heteroatoms. The largest absolute Gasteiger partial charge is 0.488 e. The zero-order valence-electron chi connectivity index (χ0n) is 17.3. The number of anilines is 1. The summed E-state index contributed by atoms with van der Waals surface area (Å²) >= 11 is 1.26. The van der Waals surface area contributed by atoms with Gasteiger partial charge in [-0.05, 0) is 25.3 Å². The molecular weight excluding hydrogens is 449 g/mol. The van der Waals surface area contributed by atoms with Crippen molar-refractivity contribution in [3.05, 3.63) is 41.5 Å². The van der Waals surface area contributed by atoms with E-state index >= 15 is 0 Å². The SMILES string of the molecule is CCOC(=O)N1C[C@H]2C[C@@H]1COc1c(cn(C)c1C(=O)Nc1cc(F)c(F)c(F)c1)SN2. The highest BCUT2D eigenvalue weighted by atomic mass is 32.2. The van der Waals surface area contributed by atoms with Crippen molar-refractivity contribution in [2.24, 2.45) is 7.05 Å². The van der Waals surface area contributed by atoms with Crippen molar-refractivity contribution in [2.75, 3.05) is 25.1 Å². The summed E-state index contributed by atoms with van der Waals surface area (Å²) in [5.41, 5.74) is -0.123. The fourth-order valence-electron chi connectivity index (χ4n) is 3.79. The molecule has 8 nitrogen and oxygen atoms in total. The Morgan fingerprint density at radius 2 is 2.03 bits per heavy atom. The predicted octanol–water partition coefficient (Wildman–Crippen LogP) is 3.28. The second-order valence-corrected chi connectivity index (χ2v) is 8.34. The van der Waals surface area contributed by atoms with Crippen LogP contribution in [0.2, 0.25) is 0 Å². The van der Waals surface area contributed by atoms with Crippen LogP contribution in [-0.2, 0) is 11.8 Å². The van der Waals surface area contributed by atoms with Gasteiger partial charge in [-0.1, -0.05) is 0 Å². The van der Waals surface area contributed by atoms with Crippen LogP contribution < -0.4 is 14.8 Å². The van der Waals surface area contributed by atoms with Crippen molar-refractivity contribution < 1.29 is 32.2 Å². The van der Waals surface area contributed by atoms with Gasteiger partial charge in [0.1, 0.15) is 6.61 Å². The van der Waals surface area contributed by atoms with Crippen molar-refractivity contribution in [1.29, 1.82) is 0 Å². The first-order valence-electron chi connectivity index (χ1n) is 9.92. The van der Waals surface area contributed by atoms with Gasteiger partial charge in [-0.15, -0.1) is 0 Å². The maximum atomic E-state index is 13.5. The molecule has 0 spiro atoms. The number of hydrogen-bond donors (Lipinski definition) is 2. The highest BCUT2D eigenvalue weighted by molar-refractivity contribution is 7.97. The number of carbonyl (C=O) groups is 2. The van der Waals surface area contributed by atoms with Crippen LogP contribution in [0.3, 0.4) is 0 Å². The molecule has 3 heterocycles. The number of benzene rings is 1. The van der Waals surface area contributed by atoms with E-state index in [-0.39, 0.29) is 42.4 Å². The molecule has 2 aromatic rings. The molecule has 1 fully saturated rings. The maximum absolute atomic E-state index is 13.5. The molecule has 2 aliphatic heterocycles. The zero-order valence-corrected chi connectivity index (χ0v) is 18.1. The van der Waals surface area contributed by atoms with Crippen LogP contribution >= 0.6 is 11.9 Å². The summed E-state index contributed by atoms with van der Waals surface area (Å²) in [5.74, 6) is -4.86. The first kappa shape index (κ1) is 22.3. The van der Waals surface area contributed by atoms with E-state index in [0.717, 1.165) is 0 Å². The molecule has 1 aromatic heterocycles. The molecule has 1 saturated heterocycles. The number of aryl methyl sites for hydroxylation is 1. The number of fused-ring (bicyclic) bond motifs is 3. The van der Waals surface area contributed by atoms with Crippen LogP contribution in [0.4, 0.5) is 23.7 Å². The highest BCUT2D eigenvalue weighted by Crippen LogP contribution is 2.37. The third-order valence-electron chi connectivity index (χ3n) is 5.23. The minimum Gasteiger partial charge on any atom is -0.488 e. The topological polar surface area (TPSA) is 84.8 Å². The second kappa shape index (κ2) is 8.94. The number of ether oxygens (including phenoxy) is 2. The molecule has 1 aromatic carbocycles. The van der Waals surface area contributed by atoms with E-state index in [1.165, 1.54) is 16.5 Å². The average molecular weight is 470 g/mol. The molecule has 0 radical (unpaired) electrons. The quantitative estimate of drug-likeness (QED) is 0.529. The van der Waals surface area contributed by atoms with E-state index < -0.39 is 29.5 Å². The lowest BCUT2D eigenvalue weighted by Crippen LogP contribution is -2.40. The monoisotopic (exact) mass is 470 g/mol. The summed E-state index contributed by atoms with van der Waals surface area (Å²) in [7, 11) is 1.63. The van der Waals surface area contributed by atoms with Crippen molar-refractivity contribution in [3.63, 3.8) is 0 Å². The summed E-state index contributed by atoms with van der Waals surface area (Å²) in [6.45, 7) is 2.59. The number of carbonyl (C=O) groups excluding carboxylic acids is 2. The number of rotatable bonds is 3. The maximum Gasteiger partial charge on any atom is 0.410 e. The van der Waals surface area contributed by atoms with Crippen LogP contribution in [0.25, 0.3) is 0 Å². The normalized spacial score (nSPS) is 20.0. The van der Waals surface area contributed by atoms with Crippen LogP contribution in [0.1, 0.15) is 23.8 Å². The second-order valence-electron chi connectivity index (χ2n) is 7.46. The molecule has 2 atom stereocenters. The minimum atomic E-state index is -1.62. The summed E-state index contributed by atoms with van der Waals surface area (Å²) < 4.78 is 56.2. The van der Waals surface area contributed by atoms with Gasteiger partial charge in [0.05, 0.1) is 17.5 Å². The summed E-state index contributed by atoms with van der Waals surface area (Å²) in [4.78, 5) is 27.4.